The molecular formula is C12H14N4O3. The Morgan fingerprint density at radius 1 is 1.32 bits per heavy atom. The second kappa shape index (κ2) is 6.50. The smallest absolute Gasteiger partial charge is 0.292 e. The van der Waals surface area contributed by atoms with Crippen molar-refractivity contribution in [3.63, 3.8) is 0 Å². The standard InChI is InChI=1S/C12H14N4O3/c1-18-6-7-19-10-4-2-9(3-5-10)15-12(17)11-13-8-14-16-11/h2-5,8H,6-7H2,1H3,(H,15,17)(H,13,14,16). The molecular weight excluding hydrogens is 248 g/mol. The number of hydrogen-bond donors (Lipinski definition) is 2. The van der Waals surface area contributed by atoms with Crippen LogP contribution in [0.3, 0.4) is 0 Å². The SMILES string of the molecule is COCCOc1ccc(NC(=O)c2ncn[nH]2)cc1. The number of ether oxygens (including phenoxy) is 2. The summed E-state index contributed by atoms with van der Waals surface area (Å²) in [7, 11) is 1.62. The van der Waals surface area contributed by atoms with Crippen molar-refractivity contribution in [3.8, 4) is 5.75 Å². The third-order valence-electron chi connectivity index (χ3n) is 2.30. The van der Waals surface area contributed by atoms with Crippen LogP contribution in [0, 0.1) is 0 Å². The third-order valence-corrected chi connectivity index (χ3v) is 2.30. The number of amides is 1. The van der Waals surface area contributed by atoms with Crippen molar-refractivity contribution in [1.82, 2.24) is 15.2 Å². The molecule has 0 fully saturated rings. The van der Waals surface area contributed by atoms with Gasteiger partial charge in [0.15, 0.2) is 0 Å². The average Bonchev–Trinajstić information content (AvgIpc) is 2.95. The average molecular weight is 262 g/mol. The molecule has 0 saturated carbocycles. The van der Waals surface area contributed by atoms with Crippen LogP contribution in [-0.2, 0) is 4.74 Å². The Kier molecular flexibility index (Phi) is 4.46. The first kappa shape index (κ1) is 13.0. The van der Waals surface area contributed by atoms with Gasteiger partial charge in [-0.05, 0) is 24.3 Å². The summed E-state index contributed by atoms with van der Waals surface area (Å²) < 4.78 is 10.3. The van der Waals surface area contributed by atoms with E-state index in [1.807, 2.05) is 0 Å². The van der Waals surface area contributed by atoms with Gasteiger partial charge >= 0.3 is 0 Å². The molecule has 1 aromatic carbocycles. The van der Waals surface area contributed by atoms with E-state index in [2.05, 4.69) is 20.5 Å². The number of anilines is 1. The van der Waals surface area contributed by atoms with Gasteiger partial charge in [0.2, 0.25) is 5.82 Å². The predicted octanol–water partition coefficient (Wildman–Crippen LogP) is 1.08. The first-order chi connectivity index (χ1) is 9.29. The number of H-pyrrole nitrogens is 1. The normalized spacial score (nSPS) is 10.2. The van der Waals surface area contributed by atoms with Crippen LogP contribution in [0.5, 0.6) is 5.75 Å². The summed E-state index contributed by atoms with van der Waals surface area (Å²) in [5.74, 6) is 0.542. The molecule has 1 aromatic heterocycles. The first-order valence-electron chi connectivity index (χ1n) is 5.68. The molecule has 0 unspecified atom stereocenters. The molecule has 0 saturated heterocycles. The second-order valence-corrected chi connectivity index (χ2v) is 3.65. The zero-order valence-electron chi connectivity index (χ0n) is 10.4. The van der Waals surface area contributed by atoms with Gasteiger partial charge in [-0.1, -0.05) is 0 Å². The van der Waals surface area contributed by atoms with E-state index in [0.717, 1.165) is 5.75 Å². The van der Waals surface area contributed by atoms with Gasteiger partial charge in [-0.3, -0.25) is 9.89 Å². The molecule has 0 aliphatic heterocycles. The van der Waals surface area contributed by atoms with Crippen LogP contribution < -0.4 is 10.1 Å². The number of rotatable bonds is 6. The Morgan fingerprint density at radius 3 is 2.74 bits per heavy atom. The summed E-state index contributed by atoms with van der Waals surface area (Å²) >= 11 is 0. The second-order valence-electron chi connectivity index (χ2n) is 3.65. The van der Waals surface area contributed by atoms with E-state index < -0.39 is 0 Å². The van der Waals surface area contributed by atoms with Gasteiger partial charge in [0.05, 0.1) is 6.61 Å². The Balaban J connectivity index is 1.90. The molecule has 0 atom stereocenters. The molecule has 0 aliphatic rings. The van der Waals surface area contributed by atoms with Crippen LogP contribution in [0.25, 0.3) is 0 Å². The lowest BCUT2D eigenvalue weighted by Gasteiger charge is -2.07. The fourth-order valence-electron chi connectivity index (χ4n) is 1.38. The minimum absolute atomic E-state index is 0.167. The van der Waals surface area contributed by atoms with Gasteiger partial charge in [0, 0.05) is 12.8 Å². The van der Waals surface area contributed by atoms with Crippen molar-refractivity contribution < 1.29 is 14.3 Å². The van der Waals surface area contributed by atoms with E-state index in [1.165, 1.54) is 6.33 Å². The highest BCUT2D eigenvalue weighted by molar-refractivity contribution is 6.01. The molecule has 7 nitrogen and oxygen atoms in total. The van der Waals surface area contributed by atoms with Gasteiger partial charge in [-0.2, -0.15) is 5.10 Å². The quantitative estimate of drug-likeness (QED) is 0.760. The zero-order valence-corrected chi connectivity index (χ0v) is 10.4. The fraction of sp³-hybridized carbons (Fsp3) is 0.250. The number of carbonyl (C=O) groups is 1. The summed E-state index contributed by atoms with van der Waals surface area (Å²) in [6.07, 6.45) is 1.28. The molecule has 100 valence electrons. The summed E-state index contributed by atoms with van der Waals surface area (Å²) in [5.41, 5.74) is 0.653. The Bertz CT molecular complexity index is 510. The maximum absolute atomic E-state index is 11.7. The molecule has 2 aromatic rings. The number of nitrogens with one attached hydrogen (secondary N) is 2. The van der Waals surface area contributed by atoms with E-state index in [4.69, 9.17) is 9.47 Å². The summed E-state index contributed by atoms with van der Waals surface area (Å²) in [4.78, 5) is 15.4. The van der Waals surface area contributed by atoms with Gasteiger partial charge < -0.3 is 14.8 Å². The Labute approximate surface area is 110 Å². The lowest BCUT2D eigenvalue weighted by Crippen LogP contribution is -2.13. The van der Waals surface area contributed by atoms with Crippen LogP contribution in [0.2, 0.25) is 0 Å². The van der Waals surface area contributed by atoms with Crippen LogP contribution in [0.1, 0.15) is 10.6 Å². The topological polar surface area (TPSA) is 89.1 Å². The maximum atomic E-state index is 11.7. The number of aromatic amines is 1. The molecule has 0 aliphatic carbocycles. The lowest BCUT2D eigenvalue weighted by atomic mass is 10.3. The van der Waals surface area contributed by atoms with E-state index >= 15 is 0 Å². The monoisotopic (exact) mass is 262 g/mol. The van der Waals surface area contributed by atoms with Crippen LogP contribution in [0.15, 0.2) is 30.6 Å². The summed E-state index contributed by atoms with van der Waals surface area (Å²) in [6.45, 7) is 1.02. The number of carbonyl (C=O) groups excluding carboxylic acids is 1. The molecule has 0 spiro atoms. The minimum Gasteiger partial charge on any atom is -0.491 e. The van der Waals surface area contributed by atoms with Crippen LogP contribution in [-0.4, -0.2) is 41.4 Å². The maximum Gasteiger partial charge on any atom is 0.292 e. The van der Waals surface area contributed by atoms with Crippen molar-refractivity contribution in [2.45, 2.75) is 0 Å². The van der Waals surface area contributed by atoms with Gasteiger partial charge in [0.1, 0.15) is 18.7 Å². The molecule has 1 amide bonds. The molecule has 2 N–H and O–H groups in total. The van der Waals surface area contributed by atoms with E-state index in [1.54, 1.807) is 31.4 Å². The van der Waals surface area contributed by atoms with Crippen molar-refractivity contribution in [3.05, 3.63) is 36.4 Å². The summed E-state index contributed by atoms with van der Waals surface area (Å²) in [5, 5.41) is 8.79. The Morgan fingerprint density at radius 2 is 2.11 bits per heavy atom. The largest absolute Gasteiger partial charge is 0.491 e. The molecule has 1 heterocycles. The van der Waals surface area contributed by atoms with Gasteiger partial charge in [-0.25, -0.2) is 4.98 Å². The van der Waals surface area contributed by atoms with Crippen molar-refractivity contribution in [2.24, 2.45) is 0 Å². The number of aromatic nitrogens is 3. The van der Waals surface area contributed by atoms with Crippen molar-refractivity contribution in [1.29, 1.82) is 0 Å². The minimum atomic E-state index is -0.342. The molecule has 7 heteroatoms. The number of methoxy groups -OCH3 is 1. The van der Waals surface area contributed by atoms with Crippen molar-refractivity contribution in [2.75, 3.05) is 25.6 Å². The molecule has 0 radical (unpaired) electrons. The zero-order chi connectivity index (χ0) is 13.5. The van der Waals surface area contributed by atoms with Gasteiger partial charge in [0.25, 0.3) is 5.91 Å². The predicted molar refractivity (Wildman–Crippen MR) is 68.1 cm³/mol. The molecule has 0 bridgehead atoms. The number of hydrogen-bond acceptors (Lipinski definition) is 5. The highest BCUT2D eigenvalue weighted by Gasteiger charge is 2.08. The Hall–Kier alpha value is -2.41. The molecule has 2 rings (SSSR count). The van der Waals surface area contributed by atoms with Crippen molar-refractivity contribution >= 4 is 11.6 Å². The van der Waals surface area contributed by atoms with Crippen LogP contribution >= 0.6 is 0 Å². The molecule has 19 heavy (non-hydrogen) atoms. The number of nitrogens with zero attached hydrogens (tertiary/aromatic N) is 2. The third kappa shape index (κ3) is 3.78. The first-order valence-corrected chi connectivity index (χ1v) is 5.68. The number of benzene rings is 1. The van der Waals surface area contributed by atoms with E-state index in [-0.39, 0.29) is 11.7 Å². The van der Waals surface area contributed by atoms with E-state index in [9.17, 15) is 4.79 Å². The summed E-state index contributed by atoms with van der Waals surface area (Å²) in [6, 6.07) is 7.03. The van der Waals surface area contributed by atoms with Gasteiger partial charge in [-0.15, -0.1) is 0 Å². The van der Waals surface area contributed by atoms with E-state index in [0.29, 0.717) is 18.9 Å². The lowest BCUT2D eigenvalue weighted by molar-refractivity contribution is 0.101. The van der Waals surface area contributed by atoms with Crippen LogP contribution in [0.4, 0.5) is 5.69 Å². The highest BCUT2D eigenvalue weighted by Crippen LogP contribution is 2.15. The fourth-order valence-corrected chi connectivity index (χ4v) is 1.38. The highest BCUT2D eigenvalue weighted by atomic mass is 16.5.